The van der Waals surface area contributed by atoms with Crippen molar-refractivity contribution in [2.24, 2.45) is 0 Å². The molecule has 0 N–H and O–H groups in total. The maximum atomic E-state index is 14.5. The van der Waals surface area contributed by atoms with Crippen molar-refractivity contribution in [3.05, 3.63) is 23.5 Å². The van der Waals surface area contributed by atoms with Gasteiger partial charge < -0.3 is 14.4 Å². The molecule has 1 saturated heterocycles. The van der Waals surface area contributed by atoms with E-state index in [0.717, 1.165) is 4.90 Å². The molecular formula is C16H17FN2O5. The van der Waals surface area contributed by atoms with E-state index in [2.05, 4.69) is 4.74 Å². The number of cyclic esters (lactones) is 1. The van der Waals surface area contributed by atoms with E-state index in [1.807, 2.05) is 6.92 Å². The molecule has 0 bridgehead atoms. The molecule has 1 fully saturated rings. The van der Waals surface area contributed by atoms with Gasteiger partial charge in [0.2, 0.25) is 12.0 Å². The summed E-state index contributed by atoms with van der Waals surface area (Å²) in [6, 6.07) is 2.77. The molecule has 0 unspecified atom stereocenters. The van der Waals surface area contributed by atoms with Crippen molar-refractivity contribution in [2.45, 2.75) is 25.9 Å². The van der Waals surface area contributed by atoms with Crippen LogP contribution in [-0.2, 0) is 25.5 Å². The lowest BCUT2D eigenvalue weighted by Gasteiger charge is -2.19. The Morgan fingerprint density at radius 1 is 1.42 bits per heavy atom. The van der Waals surface area contributed by atoms with Crippen LogP contribution in [0.3, 0.4) is 0 Å². The molecule has 7 nitrogen and oxygen atoms in total. The van der Waals surface area contributed by atoms with Crippen LogP contribution in [0.25, 0.3) is 0 Å². The molecule has 1 aromatic rings. The van der Waals surface area contributed by atoms with Gasteiger partial charge in [-0.1, -0.05) is 6.92 Å². The molecule has 2 heterocycles. The quantitative estimate of drug-likeness (QED) is 0.781. The van der Waals surface area contributed by atoms with Crippen molar-refractivity contribution in [3.63, 3.8) is 0 Å². The van der Waals surface area contributed by atoms with Crippen molar-refractivity contribution in [3.8, 4) is 0 Å². The zero-order valence-corrected chi connectivity index (χ0v) is 13.4. The molecule has 3 rings (SSSR count). The van der Waals surface area contributed by atoms with E-state index in [9.17, 15) is 18.8 Å². The minimum Gasteiger partial charge on any atom is -0.466 e. The summed E-state index contributed by atoms with van der Waals surface area (Å²) in [6.07, 6.45) is -0.994. The number of fused-ring (bicyclic) bond motifs is 1. The molecule has 0 aromatic heterocycles. The first-order valence-corrected chi connectivity index (χ1v) is 7.65. The zero-order valence-electron chi connectivity index (χ0n) is 13.4. The summed E-state index contributed by atoms with van der Waals surface area (Å²) in [6.45, 7) is 2.29. The number of halogens is 1. The molecule has 0 aliphatic carbocycles. The number of carbonyl (C=O) groups is 3. The molecule has 0 spiro atoms. The number of ether oxygens (including phenoxy) is 2. The second-order valence-electron chi connectivity index (χ2n) is 5.66. The molecule has 1 aromatic carbocycles. The van der Waals surface area contributed by atoms with Gasteiger partial charge in [0, 0.05) is 6.54 Å². The van der Waals surface area contributed by atoms with Crippen LogP contribution in [-0.4, -0.2) is 44.3 Å². The Morgan fingerprint density at radius 2 is 2.17 bits per heavy atom. The van der Waals surface area contributed by atoms with Crippen LogP contribution in [0.4, 0.5) is 20.6 Å². The molecule has 128 valence electrons. The Kier molecular flexibility index (Phi) is 4.13. The molecule has 1 atom stereocenters. The molecule has 8 heteroatoms. The third-order valence-corrected chi connectivity index (χ3v) is 4.07. The Bertz CT molecular complexity index is 721. The summed E-state index contributed by atoms with van der Waals surface area (Å²) >= 11 is 0. The first-order valence-electron chi connectivity index (χ1n) is 7.65. The number of benzene rings is 1. The minimum absolute atomic E-state index is 0.0592. The number of amides is 2. The molecule has 24 heavy (non-hydrogen) atoms. The standard InChI is InChI=1S/C16H17FN2O5/c1-3-4-18-13(20)6-9-5-10(7-11(17)14(9)18)19-8-12(15(21)23-2)24-16(19)22/h5,7,12H,3-4,6,8H2,1-2H3/t12-/m1/s1. The van der Waals surface area contributed by atoms with Crippen molar-refractivity contribution in [1.29, 1.82) is 0 Å². The highest BCUT2D eigenvalue weighted by molar-refractivity contribution is 6.03. The highest BCUT2D eigenvalue weighted by Gasteiger charge is 2.39. The van der Waals surface area contributed by atoms with Gasteiger partial charge in [0.15, 0.2) is 0 Å². The fourth-order valence-corrected chi connectivity index (χ4v) is 3.00. The second-order valence-corrected chi connectivity index (χ2v) is 5.66. The Balaban J connectivity index is 1.91. The van der Waals surface area contributed by atoms with Gasteiger partial charge in [-0.2, -0.15) is 0 Å². The summed E-state index contributed by atoms with van der Waals surface area (Å²) < 4.78 is 24.0. The third kappa shape index (κ3) is 2.57. The average Bonchev–Trinajstić information content (AvgIpc) is 3.08. The Hall–Kier alpha value is -2.64. The topological polar surface area (TPSA) is 76.2 Å². The molecule has 2 aliphatic heterocycles. The monoisotopic (exact) mass is 336 g/mol. The number of hydrogen-bond acceptors (Lipinski definition) is 5. The summed E-state index contributed by atoms with van der Waals surface area (Å²) in [4.78, 5) is 38.1. The Morgan fingerprint density at radius 3 is 2.83 bits per heavy atom. The highest BCUT2D eigenvalue weighted by atomic mass is 19.1. The fourth-order valence-electron chi connectivity index (χ4n) is 3.00. The van der Waals surface area contributed by atoms with E-state index in [1.54, 1.807) is 6.07 Å². The van der Waals surface area contributed by atoms with E-state index in [0.29, 0.717) is 18.5 Å². The third-order valence-electron chi connectivity index (χ3n) is 4.07. The number of carbonyl (C=O) groups excluding carboxylic acids is 3. The lowest BCUT2D eigenvalue weighted by atomic mass is 10.1. The lowest BCUT2D eigenvalue weighted by Crippen LogP contribution is -2.29. The van der Waals surface area contributed by atoms with E-state index in [-0.39, 0.29) is 30.2 Å². The zero-order chi connectivity index (χ0) is 17.4. The molecule has 0 saturated carbocycles. The predicted octanol–water partition coefficient (Wildman–Crippen LogP) is 1.62. The molecule has 0 radical (unpaired) electrons. The number of anilines is 2. The van der Waals surface area contributed by atoms with Crippen LogP contribution in [0.5, 0.6) is 0 Å². The van der Waals surface area contributed by atoms with E-state index in [4.69, 9.17) is 4.74 Å². The molecular weight excluding hydrogens is 319 g/mol. The number of nitrogens with zero attached hydrogens (tertiary/aromatic N) is 2. The van der Waals surface area contributed by atoms with E-state index >= 15 is 0 Å². The maximum absolute atomic E-state index is 14.5. The highest BCUT2D eigenvalue weighted by Crippen LogP contribution is 2.36. The summed E-state index contributed by atoms with van der Waals surface area (Å²) in [7, 11) is 1.20. The second kappa shape index (κ2) is 6.10. The normalized spacial score (nSPS) is 19.5. The van der Waals surface area contributed by atoms with Gasteiger partial charge in [-0.25, -0.2) is 14.0 Å². The minimum atomic E-state index is -1.04. The number of methoxy groups -OCH3 is 1. The first kappa shape index (κ1) is 16.2. The van der Waals surface area contributed by atoms with Crippen LogP contribution in [0, 0.1) is 5.82 Å². The van der Waals surface area contributed by atoms with Gasteiger partial charge in [-0.3, -0.25) is 9.69 Å². The number of esters is 1. The summed E-state index contributed by atoms with van der Waals surface area (Å²) in [5.74, 6) is -1.41. The van der Waals surface area contributed by atoms with Crippen LogP contribution in [0.2, 0.25) is 0 Å². The van der Waals surface area contributed by atoms with Gasteiger partial charge >= 0.3 is 12.1 Å². The van der Waals surface area contributed by atoms with Gasteiger partial charge in [-0.15, -0.1) is 0 Å². The lowest BCUT2D eigenvalue weighted by molar-refractivity contribution is -0.148. The van der Waals surface area contributed by atoms with Crippen molar-refractivity contribution >= 4 is 29.3 Å². The van der Waals surface area contributed by atoms with Crippen molar-refractivity contribution in [2.75, 3.05) is 30.0 Å². The van der Waals surface area contributed by atoms with Crippen LogP contribution in [0.15, 0.2) is 12.1 Å². The molecule has 2 aliphatic rings. The van der Waals surface area contributed by atoms with Gasteiger partial charge in [0.1, 0.15) is 5.82 Å². The first-order chi connectivity index (χ1) is 11.5. The van der Waals surface area contributed by atoms with Gasteiger partial charge in [0.05, 0.1) is 31.5 Å². The summed E-state index contributed by atoms with van der Waals surface area (Å²) in [5, 5.41) is 0. The Labute approximate surface area is 137 Å². The predicted molar refractivity (Wildman–Crippen MR) is 82.4 cm³/mol. The number of rotatable bonds is 4. The fraction of sp³-hybridized carbons (Fsp3) is 0.438. The average molecular weight is 336 g/mol. The van der Waals surface area contributed by atoms with E-state index in [1.165, 1.54) is 18.1 Å². The SMILES string of the molecule is CCCN1C(=O)Cc2cc(N3C[C@H](C(=O)OC)OC3=O)cc(F)c21. The van der Waals surface area contributed by atoms with Crippen LogP contribution >= 0.6 is 0 Å². The molecule has 2 amide bonds. The van der Waals surface area contributed by atoms with Gasteiger partial charge in [0.25, 0.3) is 0 Å². The summed E-state index contributed by atoms with van der Waals surface area (Å²) in [5.41, 5.74) is 1.05. The van der Waals surface area contributed by atoms with Crippen molar-refractivity contribution in [1.82, 2.24) is 0 Å². The smallest absolute Gasteiger partial charge is 0.415 e. The maximum Gasteiger partial charge on any atom is 0.415 e. The van der Waals surface area contributed by atoms with Crippen LogP contribution < -0.4 is 9.80 Å². The number of hydrogen-bond donors (Lipinski definition) is 0. The van der Waals surface area contributed by atoms with Crippen LogP contribution in [0.1, 0.15) is 18.9 Å². The largest absolute Gasteiger partial charge is 0.466 e. The van der Waals surface area contributed by atoms with E-state index < -0.39 is 24.0 Å². The van der Waals surface area contributed by atoms with Crippen molar-refractivity contribution < 1.29 is 28.2 Å². The van der Waals surface area contributed by atoms with Gasteiger partial charge in [-0.05, 0) is 24.1 Å².